The SMILES string of the molecule is CC1(C)COc2cc(C#N)ccc2N1. The average Bonchev–Trinajstić information content (AvgIpc) is 2.16. The van der Waals surface area contributed by atoms with Crippen LogP contribution in [0.2, 0.25) is 0 Å². The van der Waals surface area contributed by atoms with Crippen LogP contribution in [0.1, 0.15) is 19.4 Å². The van der Waals surface area contributed by atoms with Crippen molar-refractivity contribution < 1.29 is 4.74 Å². The molecular formula is C11H12N2O. The maximum absolute atomic E-state index is 8.72. The van der Waals surface area contributed by atoms with E-state index in [9.17, 15) is 0 Å². The second-order valence-corrected chi connectivity index (χ2v) is 4.12. The van der Waals surface area contributed by atoms with Gasteiger partial charge in [-0.05, 0) is 26.0 Å². The molecule has 0 saturated carbocycles. The summed E-state index contributed by atoms with van der Waals surface area (Å²) in [5, 5.41) is 12.1. The Balaban J connectivity index is 2.38. The maximum Gasteiger partial charge on any atom is 0.143 e. The summed E-state index contributed by atoms with van der Waals surface area (Å²) in [7, 11) is 0. The van der Waals surface area contributed by atoms with Crippen LogP contribution in [0, 0.1) is 11.3 Å². The van der Waals surface area contributed by atoms with E-state index in [0.29, 0.717) is 12.2 Å². The summed E-state index contributed by atoms with van der Waals surface area (Å²) in [6.07, 6.45) is 0. The number of nitrogens with one attached hydrogen (secondary N) is 1. The fourth-order valence-electron chi connectivity index (χ4n) is 1.47. The molecule has 1 aliphatic heterocycles. The van der Waals surface area contributed by atoms with E-state index in [2.05, 4.69) is 25.2 Å². The molecule has 1 aliphatic rings. The first kappa shape index (κ1) is 8.89. The zero-order chi connectivity index (χ0) is 10.2. The number of nitriles is 1. The molecule has 1 heterocycles. The van der Waals surface area contributed by atoms with Gasteiger partial charge in [0.2, 0.25) is 0 Å². The highest BCUT2D eigenvalue weighted by Crippen LogP contribution is 2.32. The largest absolute Gasteiger partial charge is 0.489 e. The summed E-state index contributed by atoms with van der Waals surface area (Å²) in [6.45, 7) is 4.77. The number of hydrogen-bond donors (Lipinski definition) is 1. The standard InChI is InChI=1S/C11H12N2O/c1-11(2)7-14-10-5-8(6-12)3-4-9(10)13-11/h3-5,13H,7H2,1-2H3. The van der Waals surface area contributed by atoms with E-state index < -0.39 is 0 Å². The van der Waals surface area contributed by atoms with E-state index in [1.165, 1.54) is 0 Å². The topological polar surface area (TPSA) is 45.0 Å². The van der Waals surface area contributed by atoms with E-state index in [-0.39, 0.29) is 5.54 Å². The van der Waals surface area contributed by atoms with E-state index in [1.807, 2.05) is 6.07 Å². The minimum Gasteiger partial charge on any atom is -0.489 e. The molecule has 0 unspecified atom stereocenters. The molecule has 1 N–H and O–H groups in total. The second kappa shape index (κ2) is 2.91. The number of nitrogens with zero attached hydrogens (tertiary/aromatic N) is 1. The van der Waals surface area contributed by atoms with Crippen molar-refractivity contribution in [2.45, 2.75) is 19.4 Å². The van der Waals surface area contributed by atoms with E-state index in [1.54, 1.807) is 12.1 Å². The normalized spacial score (nSPS) is 17.2. The van der Waals surface area contributed by atoms with Gasteiger partial charge in [-0.15, -0.1) is 0 Å². The average molecular weight is 188 g/mol. The Bertz CT molecular complexity index is 404. The van der Waals surface area contributed by atoms with Crippen LogP contribution < -0.4 is 10.1 Å². The van der Waals surface area contributed by atoms with Gasteiger partial charge in [0.25, 0.3) is 0 Å². The van der Waals surface area contributed by atoms with Gasteiger partial charge >= 0.3 is 0 Å². The number of anilines is 1. The molecule has 0 radical (unpaired) electrons. The third kappa shape index (κ3) is 1.51. The van der Waals surface area contributed by atoms with Crippen LogP contribution in [0.4, 0.5) is 5.69 Å². The summed E-state index contributed by atoms with van der Waals surface area (Å²) in [4.78, 5) is 0. The number of rotatable bonds is 0. The summed E-state index contributed by atoms with van der Waals surface area (Å²) in [5.74, 6) is 0.767. The van der Waals surface area contributed by atoms with E-state index in [0.717, 1.165) is 11.4 Å². The van der Waals surface area contributed by atoms with Gasteiger partial charge in [-0.2, -0.15) is 5.26 Å². The molecule has 3 heteroatoms. The summed E-state index contributed by atoms with van der Waals surface area (Å²) >= 11 is 0. The number of fused-ring (bicyclic) bond motifs is 1. The van der Waals surface area contributed by atoms with Crippen LogP contribution in [-0.2, 0) is 0 Å². The van der Waals surface area contributed by atoms with Gasteiger partial charge in [-0.1, -0.05) is 0 Å². The fraction of sp³-hybridized carbons (Fsp3) is 0.364. The van der Waals surface area contributed by atoms with Gasteiger partial charge in [0.15, 0.2) is 0 Å². The smallest absolute Gasteiger partial charge is 0.143 e. The fourth-order valence-corrected chi connectivity index (χ4v) is 1.47. The van der Waals surface area contributed by atoms with Gasteiger partial charge in [-0.3, -0.25) is 0 Å². The van der Waals surface area contributed by atoms with Crippen LogP contribution in [0.3, 0.4) is 0 Å². The summed E-state index contributed by atoms with van der Waals surface area (Å²) < 4.78 is 5.57. The molecule has 0 bridgehead atoms. The molecule has 1 aromatic carbocycles. The first-order valence-corrected chi connectivity index (χ1v) is 4.56. The highest BCUT2D eigenvalue weighted by molar-refractivity contribution is 5.61. The van der Waals surface area contributed by atoms with Gasteiger partial charge in [0.1, 0.15) is 12.4 Å². The van der Waals surface area contributed by atoms with Crippen molar-refractivity contribution in [3.05, 3.63) is 23.8 Å². The predicted molar refractivity (Wildman–Crippen MR) is 54.4 cm³/mol. The Morgan fingerprint density at radius 1 is 1.50 bits per heavy atom. The van der Waals surface area contributed by atoms with Crippen LogP contribution in [0.5, 0.6) is 5.75 Å². The molecule has 14 heavy (non-hydrogen) atoms. The molecule has 0 aliphatic carbocycles. The molecule has 0 fully saturated rings. The molecule has 0 saturated heterocycles. The Kier molecular flexibility index (Phi) is 1.85. The zero-order valence-corrected chi connectivity index (χ0v) is 8.29. The molecule has 0 amide bonds. The number of benzene rings is 1. The molecule has 3 nitrogen and oxygen atoms in total. The Morgan fingerprint density at radius 2 is 2.29 bits per heavy atom. The van der Waals surface area contributed by atoms with Crippen LogP contribution in [0.25, 0.3) is 0 Å². The Morgan fingerprint density at radius 3 is 3.00 bits per heavy atom. The lowest BCUT2D eigenvalue weighted by Crippen LogP contribution is -2.40. The van der Waals surface area contributed by atoms with Gasteiger partial charge in [0, 0.05) is 6.07 Å². The lowest BCUT2D eigenvalue weighted by Gasteiger charge is -2.33. The van der Waals surface area contributed by atoms with E-state index in [4.69, 9.17) is 10.00 Å². The van der Waals surface area contributed by atoms with Crippen molar-refractivity contribution in [3.8, 4) is 11.8 Å². The van der Waals surface area contributed by atoms with Gasteiger partial charge < -0.3 is 10.1 Å². The lowest BCUT2D eigenvalue weighted by molar-refractivity contribution is 0.242. The zero-order valence-electron chi connectivity index (χ0n) is 8.29. The molecule has 2 rings (SSSR count). The third-order valence-corrected chi connectivity index (χ3v) is 2.17. The molecule has 72 valence electrons. The molecular weight excluding hydrogens is 176 g/mol. The predicted octanol–water partition coefficient (Wildman–Crippen LogP) is 2.14. The monoisotopic (exact) mass is 188 g/mol. The number of hydrogen-bond acceptors (Lipinski definition) is 3. The molecule has 0 spiro atoms. The van der Waals surface area contributed by atoms with Crippen LogP contribution >= 0.6 is 0 Å². The second-order valence-electron chi connectivity index (χ2n) is 4.12. The minimum atomic E-state index is -0.0405. The molecule has 0 atom stereocenters. The first-order valence-electron chi connectivity index (χ1n) is 4.56. The van der Waals surface area contributed by atoms with Crippen molar-refractivity contribution in [3.63, 3.8) is 0 Å². The Labute approximate surface area is 83.3 Å². The third-order valence-electron chi connectivity index (χ3n) is 2.17. The van der Waals surface area contributed by atoms with Crippen LogP contribution in [0.15, 0.2) is 18.2 Å². The quantitative estimate of drug-likeness (QED) is 0.678. The van der Waals surface area contributed by atoms with Crippen molar-refractivity contribution in [1.29, 1.82) is 5.26 Å². The summed E-state index contributed by atoms with van der Waals surface area (Å²) in [5.41, 5.74) is 1.55. The highest BCUT2D eigenvalue weighted by Gasteiger charge is 2.25. The van der Waals surface area contributed by atoms with Crippen molar-refractivity contribution in [1.82, 2.24) is 0 Å². The molecule has 0 aromatic heterocycles. The van der Waals surface area contributed by atoms with Crippen molar-refractivity contribution in [2.75, 3.05) is 11.9 Å². The van der Waals surface area contributed by atoms with Gasteiger partial charge in [-0.25, -0.2) is 0 Å². The van der Waals surface area contributed by atoms with Crippen molar-refractivity contribution in [2.24, 2.45) is 0 Å². The van der Waals surface area contributed by atoms with Crippen LogP contribution in [-0.4, -0.2) is 12.1 Å². The molecule has 1 aromatic rings. The van der Waals surface area contributed by atoms with Gasteiger partial charge in [0.05, 0.1) is 22.9 Å². The van der Waals surface area contributed by atoms with Crippen molar-refractivity contribution >= 4 is 5.69 Å². The lowest BCUT2D eigenvalue weighted by atomic mass is 10.0. The summed E-state index contributed by atoms with van der Waals surface area (Å²) in [6, 6.07) is 7.52. The minimum absolute atomic E-state index is 0.0405. The maximum atomic E-state index is 8.72. The van der Waals surface area contributed by atoms with E-state index >= 15 is 0 Å². The number of ether oxygens (including phenoxy) is 1. The first-order chi connectivity index (χ1) is 6.61. The highest BCUT2D eigenvalue weighted by atomic mass is 16.5. The Hall–Kier alpha value is -1.69.